The summed E-state index contributed by atoms with van der Waals surface area (Å²) in [5.74, 6) is 0.347. The van der Waals surface area contributed by atoms with Gasteiger partial charge in [0.1, 0.15) is 0 Å². The Hall–Kier alpha value is -0.610. The second-order valence-electron chi connectivity index (χ2n) is 5.23. The van der Waals surface area contributed by atoms with Gasteiger partial charge in [0.2, 0.25) is 5.91 Å². The van der Waals surface area contributed by atoms with Gasteiger partial charge in [0, 0.05) is 25.6 Å². The van der Waals surface area contributed by atoms with E-state index >= 15 is 0 Å². The molecule has 0 aromatic carbocycles. The van der Waals surface area contributed by atoms with Crippen molar-refractivity contribution in [2.45, 2.75) is 32.3 Å². The first-order valence-corrected chi connectivity index (χ1v) is 6.26. The van der Waals surface area contributed by atoms with Crippen molar-refractivity contribution in [2.24, 2.45) is 5.92 Å². The molecule has 0 saturated carbocycles. The molecule has 2 rings (SSSR count). The number of hydrogen-bond acceptors (Lipinski definition) is 3. The van der Waals surface area contributed by atoms with Gasteiger partial charge in [0.25, 0.3) is 0 Å². The number of nitrogens with zero attached hydrogens (tertiary/aromatic N) is 1. The minimum Gasteiger partial charge on any atom is -0.370 e. The van der Waals surface area contributed by atoms with E-state index in [1.807, 2.05) is 18.7 Å². The maximum atomic E-state index is 12.0. The Morgan fingerprint density at radius 3 is 2.94 bits per heavy atom. The van der Waals surface area contributed by atoms with E-state index in [1.165, 1.54) is 0 Å². The Morgan fingerprint density at radius 1 is 1.50 bits per heavy atom. The van der Waals surface area contributed by atoms with Crippen molar-refractivity contribution >= 4 is 5.91 Å². The van der Waals surface area contributed by atoms with Crippen molar-refractivity contribution in [1.82, 2.24) is 10.2 Å². The Kier molecular flexibility index (Phi) is 3.50. The molecule has 0 aliphatic carbocycles. The van der Waals surface area contributed by atoms with Crippen molar-refractivity contribution in [1.29, 1.82) is 0 Å². The van der Waals surface area contributed by atoms with E-state index in [1.54, 1.807) is 0 Å². The van der Waals surface area contributed by atoms with E-state index in [0.717, 1.165) is 45.6 Å². The largest absolute Gasteiger partial charge is 0.370 e. The number of amides is 1. The summed E-state index contributed by atoms with van der Waals surface area (Å²) in [7, 11) is 0. The predicted octanol–water partition coefficient (Wildman–Crippen LogP) is 0.623. The van der Waals surface area contributed by atoms with Crippen molar-refractivity contribution in [3.8, 4) is 0 Å². The molecule has 2 aliphatic rings. The van der Waals surface area contributed by atoms with E-state index < -0.39 is 0 Å². The van der Waals surface area contributed by atoms with Crippen molar-refractivity contribution in [3.05, 3.63) is 0 Å². The number of likely N-dealkylation sites (tertiary alicyclic amines) is 1. The van der Waals surface area contributed by atoms with Gasteiger partial charge in [-0.25, -0.2) is 0 Å². The molecule has 1 amide bonds. The lowest BCUT2D eigenvalue weighted by molar-refractivity contribution is -0.148. The third-order valence-corrected chi connectivity index (χ3v) is 3.48. The smallest absolute Gasteiger partial charge is 0.225 e. The molecule has 1 atom stereocenters. The molecular weight excluding hydrogens is 204 g/mol. The maximum Gasteiger partial charge on any atom is 0.225 e. The van der Waals surface area contributed by atoms with Gasteiger partial charge in [-0.2, -0.15) is 0 Å². The number of carbonyl (C=O) groups is 1. The van der Waals surface area contributed by atoms with Crippen molar-refractivity contribution in [2.75, 3.05) is 32.8 Å². The molecule has 2 heterocycles. The van der Waals surface area contributed by atoms with E-state index in [0.29, 0.717) is 0 Å². The highest BCUT2D eigenvalue weighted by Gasteiger charge is 2.39. The molecule has 0 aromatic rings. The molecular formula is C12H22N2O2. The van der Waals surface area contributed by atoms with Gasteiger partial charge in [0.15, 0.2) is 0 Å². The molecule has 0 unspecified atom stereocenters. The highest BCUT2D eigenvalue weighted by molar-refractivity contribution is 5.78. The SMILES string of the molecule is CC(C)C(=O)N1CCC[C@@]2(CNCCO2)C1. The minimum absolute atomic E-state index is 0.0895. The van der Waals surface area contributed by atoms with Crippen LogP contribution < -0.4 is 5.32 Å². The first-order valence-electron chi connectivity index (χ1n) is 6.26. The molecule has 92 valence electrons. The molecule has 0 bridgehead atoms. The van der Waals surface area contributed by atoms with Crippen LogP contribution in [0.15, 0.2) is 0 Å². The average molecular weight is 226 g/mol. The van der Waals surface area contributed by atoms with Crippen LogP contribution in [0, 0.1) is 5.92 Å². The second-order valence-corrected chi connectivity index (χ2v) is 5.23. The summed E-state index contributed by atoms with van der Waals surface area (Å²) in [5.41, 5.74) is -0.110. The van der Waals surface area contributed by atoms with Crippen LogP contribution in [-0.4, -0.2) is 49.2 Å². The van der Waals surface area contributed by atoms with Crippen LogP contribution in [0.1, 0.15) is 26.7 Å². The first kappa shape index (κ1) is 11.9. The molecule has 2 aliphatic heterocycles. The number of carbonyl (C=O) groups excluding carboxylic acids is 1. The number of piperidine rings is 1. The van der Waals surface area contributed by atoms with Crippen molar-refractivity contribution < 1.29 is 9.53 Å². The number of hydrogen-bond donors (Lipinski definition) is 1. The predicted molar refractivity (Wildman–Crippen MR) is 62.2 cm³/mol. The number of nitrogens with one attached hydrogen (secondary N) is 1. The molecule has 1 N–H and O–H groups in total. The zero-order chi connectivity index (χ0) is 11.6. The van der Waals surface area contributed by atoms with Crippen LogP contribution in [0.3, 0.4) is 0 Å². The number of rotatable bonds is 1. The third kappa shape index (κ3) is 2.38. The molecule has 16 heavy (non-hydrogen) atoms. The maximum absolute atomic E-state index is 12.0. The fourth-order valence-electron chi connectivity index (χ4n) is 2.62. The standard InChI is InChI=1S/C12H22N2O2/c1-10(2)11(15)14-6-3-4-12(9-14)8-13-5-7-16-12/h10,13H,3-9H2,1-2H3/t12-/m1/s1. The molecule has 4 nitrogen and oxygen atoms in total. The summed E-state index contributed by atoms with van der Waals surface area (Å²) in [6.45, 7) is 8.16. The second kappa shape index (κ2) is 4.72. The minimum atomic E-state index is -0.110. The quantitative estimate of drug-likeness (QED) is 0.713. The molecule has 1 spiro atoms. The number of ether oxygens (including phenoxy) is 1. The lowest BCUT2D eigenvalue weighted by atomic mass is 9.91. The third-order valence-electron chi connectivity index (χ3n) is 3.48. The van der Waals surface area contributed by atoms with Crippen molar-refractivity contribution in [3.63, 3.8) is 0 Å². The monoisotopic (exact) mass is 226 g/mol. The van der Waals surface area contributed by atoms with Gasteiger partial charge in [-0.1, -0.05) is 13.8 Å². The number of morpholine rings is 1. The van der Waals surface area contributed by atoms with Crippen LogP contribution in [0.25, 0.3) is 0 Å². The van der Waals surface area contributed by atoms with E-state index in [4.69, 9.17) is 4.74 Å². The van der Waals surface area contributed by atoms with E-state index in [-0.39, 0.29) is 17.4 Å². The van der Waals surface area contributed by atoms with Gasteiger partial charge in [0.05, 0.1) is 18.8 Å². The molecule has 2 fully saturated rings. The summed E-state index contributed by atoms with van der Waals surface area (Å²) < 4.78 is 5.91. The Labute approximate surface area is 97.3 Å². The fraction of sp³-hybridized carbons (Fsp3) is 0.917. The summed E-state index contributed by atoms with van der Waals surface area (Å²) in [5, 5.41) is 3.37. The van der Waals surface area contributed by atoms with E-state index in [2.05, 4.69) is 5.32 Å². The highest BCUT2D eigenvalue weighted by Crippen LogP contribution is 2.27. The summed E-state index contributed by atoms with van der Waals surface area (Å²) in [6.07, 6.45) is 2.13. The molecule has 2 saturated heterocycles. The van der Waals surface area contributed by atoms with Gasteiger partial charge in [-0.3, -0.25) is 4.79 Å². The zero-order valence-corrected chi connectivity index (χ0v) is 10.3. The van der Waals surface area contributed by atoms with Crippen LogP contribution in [0.4, 0.5) is 0 Å². The Balaban J connectivity index is 2.00. The highest BCUT2D eigenvalue weighted by atomic mass is 16.5. The van der Waals surface area contributed by atoms with Gasteiger partial charge >= 0.3 is 0 Å². The van der Waals surface area contributed by atoms with Gasteiger partial charge in [-0.05, 0) is 12.8 Å². The summed E-state index contributed by atoms with van der Waals surface area (Å²) in [6, 6.07) is 0. The van der Waals surface area contributed by atoms with E-state index in [9.17, 15) is 4.79 Å². The van der Waals surface area contributed by atoms with Crippen LogP contribution in [0.2, 0.25) is 0 Å². The Morgan fingerprint density at radius 2 is 2.31 bits per heavy atom. The van der Waals surface area contributed by atoms with Crippen LogP contribution in [-0.2, 0) is 9.53 Å². The Bertz CT molecular complexity index is 254. The summed E-state index contributed by atoms with van der Waals surface area (Å²) in [4.78, 5) is 13.9. The summed E-state index contributed by atoms with van der Waals surface area (Å²) >= 11 is 0. The zero-order valence-electron chi connectivity index (χ0n) is 10.3. The first-order chi connectivity index (χ1) is 7.63. The van der Waals surface area contributed by atoms with Crippen LogP contribution in [0.5, 0.6) is 0 Å². The van der Waals surface area contributed by atoms with Crippen LogP contribution >= 0.6 is 0 Å². The van der Waals surface area contributed by atoms with Gasteiger partial charge < -0.3 is 15.0 Å². The lowest BCUT2D eigenvalue weighted by Gasteiger charge is -2.45. The lowest BCUT2D eigenvalue weighted by Crippen LogP contribution is -2.60. The molecule has 4 heteroatoms. The fourth-order valence-corrected chi connectivity index (χ4v) is 2.62. The molecule has 0 radical (unpaired) electrons. The molecule has 0 aromatic heterocycles. The van der Waals surface area contributed by atoms with Gasteiger partial charge in [-0.15, -0.1) is 0 Å². The average Bonchev–Trinajstić information content (AvgIpc) is 2.29. The topological polar surface area (TPSA) is 41.6 Å². The normalized spacial score (nSPS) is 31.1.